The van der Waals surface area contributed by atoms with Crippen LogP contribution in [0.2, 0.25) is 0 Å². The number of hydrogen-bond acceptors (Lipinski definition) is 3. The van der Waals surface area contributed by atoms with Gasteiger partial charge in [-0.3, -0.25) is 0 Å². The van der Waals surface area contributed by atoms with Crippen LogP contribution in [-0.2, 0) is 4.74 Å². The van der Waals surface area contributed by atoms with Gasteiger partial charge in [-0.1, -0.05) is 6.07 Å². The maximum Gasteiger partial charge on any atom is 0.122 e. The van der Waals surface area contributed by atoms with Crippen molar-refractivity contribution in [2.24, 2.45) is 0 Å². The summed E-state index contributed by atoms with van der Waals surface area (Å²) in [6.07, 6.45) is 3.83. The third kappa shape index (κ3) is 3.28. The maximum atomic E-state index is 5.76. The molecule has 1 aliphatic heterocycles. The number of nitrogens with one attached hydrogen (secondary N) is 1. The molecule has 3 heteroatoms. The van der Waals surface area contributed by atoms with Crippen LogP contribution in [0.5, 0.6) is 5.75 Å². The molecule has 0 aromatic heterocycles. The van der Waals surface area contributed by atoms with Gasteiger partial charge in [0, 0.05) is 12.6 Å². The van der Waals surface area contributed by atoms with Gasteiger partial charge in [0.15, 0.2) is 0 Å². The van der Waals surface area contributed by atoms with Gasteiger partial charge < -0.3 is 14.8 Å². The number of ether oxygens (including phenoxy) is 2. The molecule has 1 fully saturated rings. The van der Waals surface area contributed by atoms with Crippen LogP contribution in [-0.4, -0.2) is 26.9 Å². The minimum absolute atomic E-state index is 0.354. The second-order valence-electron chi connectivity index (χ2n) is 5.39. The standard InChI is InChI=1S/C16H25NO2/c1-11-9-16(18-4)12(2)8-14(11)15(17-3)10-13-6-5-7-19-13/h8-9,13,15,17H,5-7,10H2,1-4H3. The molecule has 0 saturated carbocycles. The first-order valence-electron chi connectivity index (χ1n) is 7.09. The normalized spacial score (nSPS) is 20.5. The van der Waals surface area contributed by atoms with Gasteiger partial charge in [0.05, 0.1) is 13.2 Å². The van der Waals surface area contributed by atoms with Crippen LogP contribution in [0.1, 0.15) is 42.0 Å². The smallest absolute Gasteiger partial charge is 0.122 e. The molecule has 0 bridgehead atoms. The summed E-state index contributed by atoms with van der Waals surface area (Å²) in [4.78, 5) is 0. The highest BCUT2D eigenvalue weighted by Crippen LogP contribution is 2.30. The number of hydrogen-bond donors (Lipinski definition) is 1. The van der Waals surface area contributed by atoms with Crippen molar-refractivity contribution in [3.05, 3.63) is 28.8 Å². The zero-order chi connectivity index (χ0) is 13.8. The van der Waals surface area contributed by atoms with Crippen LogP contribution in [0.4, 0.5) is 0 Å². The van der Waals surface area contributed by atoms with Crippen molar-refractivity contribution >= 4 is 0 Å². The lowest BCUT2D eigenvalue weighted by Gasteiger charge is -2.23. The van der Waals surface area contributed by atoms with E-state index in [1.165, 1.54) is 29.5 Å². The van der Waals surface area contributed by atoms with E-state index in [1.807, 2.05) is 7.05 Å². The van der Waals surface area contributed by atoms with E-state index in [0.29, 0.717) is 12.1 Å². The second-order valence-corrected chi connectivity index (χ2v) is 5.39. The minimum Gasteiger partial charge on any atom is -0.496 e. The first-order valence-corrected chi connectivity index (χ1v) is 7.09. The highest BCUT2D eigenvalue weighted by atomic mass is 16.5. The largest absolute Gasteiger partial charge is 0.496 e. The number of rotatable bonds is 5. The van der Waals surface area contributed by atoms with Crippen LogP contribution < -0.4 is 10.1 Å². The van der Waals surface area contributed by atoms with Gasteiger partial charge in [0.25, 0.3) is 0 Å². The van der Waals surface area contributed by atoms with Crippen molar-refractivity contribution in [3.63, 3.8) is 0 Å². The second kappa shape index (κ2) is 6.40. The molecule has 1 aromatic rings. The van der Waals surface area contributed by atoms with Gasteiger partial charge in [-0.25, -0.2) is 0 Å². The van der Waals surface area contributed by atoms with Gasteiger partial charge in [0.1, 0.15) is 5.75 Å². The van der Waals surface area contributed by atoms with Crippen LogP contribution in [0.3, 0.4) is 0 Å². The molecular weight excluding hydrogens is 238 g/mol. The SMILES string of the molecule is CNC(CC1CCCO1)c1cc(C)c(OC)cc1C. The molecule has 0 aliphatic carbocycles. The van der Waals surface area contributed by atoms with Gasteiger partial charge in [-0.05, 0) is 62.9 Å². The van der Waals surface area contributed by atoms with Crippen molar-refractivity contribution in [3.8, 4) is 5.75 Å². The zero-order valence-corrected chi connectivity index (χ0v) is 12.5. The summed E-state index contributed by atoms with van der Waals surface area (Å²) in [7, 11) is 3.75. The summed E-state index contributed by atoms with van der Waals surface area (Å²) in [6, 6.07) is 4.72. The highest BCUT2D eigenvalue weighted by Gasteiger charge is 2.22. The summed E-state index contributed by atoms with van der Waals surface area (Å²) in [5.74, 6) is 0.966. The summed E-state index contributed by atoms with van der Waals surface area (Å²) in [5.41, 5.74) is 3.83. The van der Waals surface area contributed by atoms with Gasteiger partial charge in [-0.15, -0.1) is 0 Å². The molecule has 0 amide bonds. The molecule has 2 rings (SSSR count). The molecule has 1 heterocycles. The van der Waals surface area contributed by atoms with E-state index < -0.39 is 0 Å². The average molecular weight is 263 g/mol. The monoisotopic (exact) mass is 263 g/mol. The summed E-state index contributed by atoms with van der Waals surface area (Å²) in [6.45, 7) is 5.17. The Hall–Kier alpha value is -1.06. The molecule has 0 spiro atoms. The molecule has 1 aliphatic rings. The Labute approximate surface area is 116 Å². The molecule has 3 nitrogen and oxygen atoms in total. The number of methoxy groups -OCH3 is 1. The Bertz CT molecular complexity index is 425. The molecule has 2 atom stereocenters. The van der Waals surface area contributed by atoms with Crippen molar-refractivity contribution in [1.29, 1.82) is 0 Å². The highest BCUT2D eigenvalue weighted by molar-refractivity contribution is 5.42. The Balaban J connectivity index is 2.19. The Morgan fingerprint density at radius 1 is 1.37 bits per heavy atom. The first-order chi connectivity index (χ1) is 9.15. The van der Waals surface area contributed by atoms with E-state index in [-0.39, 0.29) is 0 Å². The van der Waals surface area contributed by atoms with Gasteiger partial charge >= 0.3 is 0 Å². The molecule has 2 unspecified atom stereocenters. The fraction of sp³-hybridized carbons (Fsp3) is 0.625. The van der Waals surface area contributed by atoms with Crippen molar-refractivity contribution in [1.82, 2.24) is 5.32 Å². The van der Waals surface area contributed by atoms with E-state index in [2.05, 4.69) is 31.3 Å². The van der Waals surface area contributed by atoms with E-state index in [0.717, 1.165) is 18.8 Å². The van der Waals surface area contributed by atoms with Crippen LogP contribution in [0.15, 0.2) is 12.1 Å². The maximum absolute atomic E-state index is 5.76. The summed E-state index contributed by atoms with van der Waals surface area (Å²) < 4.78 is 11.1. The molecular formula is C16H25NO2. The third-order valence-corrected chi connectivity index (χ3v) is 4.03. The van der Waals surface area contributed by atoms with Crippen molar-refractivity contribution in [2.75, 3.05) is 20.8 Å². The topological polar surface area (TPSA) is 30.5 Å². The Morgan fingerprint density at radius 2 is 2.16 bits per heavy atom. The van der Waals surface area contributed by atoms with Crippen LogP contribution >= 0.6 is 0 Å². The molecule has 106 valence electrons. The van der Waals surface area contributed by atoms with E-state index in [1.54, 1.807) is 7.11 Å². The lowest BCUT2D eigenvalue weighted by atomic mass is 9.94. The van der Waals surface area contributed by atoms with E-state index in [4.69, 9.17) is 9.47 Å². The van der Waals surface area contributed by atoms with E-state index >= 15 is 0 Å². The zero-order valence-electron chi connectivity index (χ0n) is 12.5. The Kier molecular flexibility index (Phi) is 4.83. The fourth-order valence-electron chi connectivity index (χ4n) is 2.90. The number of benzene rings is 1. The first kappa shape index (κ1) is 14.4. The van der Waals surface area contributed by atoms with Gasteiger partial charge in [-0.2, -0.15) is 0 Å². The molecule has 0 radical (unpaired) electrons. The average Bonchev–Trinajstić information content (AvgIpc) is 2.91. The van der Waals surface area contributed by atoms with Crippen LogP contribution in [0.25, 0.3) is 0 Å². The predicted octanol–water partition coefficient (Wildman–Crippen LogP) is 3.14. The van der Waals surface area contributed by atoms with Crippen molar-refractivity contribution < 1.29 is 9.47 Å². The molecule has 19 heavy (non-hydrogen) atoms. The van der Waals surface area contributed by atoms with Crippen molar-refractivity contribution in [2.45, 2.75) is 45.3 Å². The van der Waals surface area contributed by atoms with E-state index in [9.17, 15) is 0 Å². The molecule has 1 saturated heterocycles. The number of aryl methyl sites for hydroxylation is 2. The quantitative estimate of drug-likeness (QED) is 0.885. The van der Waals surface area contributed by atoms with Gasteiger partial charge in [0.2, 0.25) is 0 Å². The third-order valence-electron chi connectivity index (χ3n) is 4.03. The van der Waals surface area contributed by atoms with Crippen LogP contribution in [0, 0.1) is 13.8 Å². The summed E-state index contributed by atoms with van der Waals surface area (Å²) in [5, 5.41) is 3.43. The lowest BCUT2D eigenvalue weighted by Crippen LogP contribution is -2.23. The predicted molar refractivity (Wildman–Crippen MR) is 77.9 cm³/mol. The minimum atomic E-state index is 0.354. The Morgan fingerprint density at radius 3 is 2.74 bits per heavy atom. The molecule has 1 aromatic carbocycles. The summed E-state index contributed by atoms with van der Waals surface area (Å²) >= 11 is 0. The lowest BCUT2D eigenvalue weighted by molar-refractivity contribution is 0.0953. The fourth-order valence-corrected chi connectivity index (χ4v) is 2.90. The molecule has 1 N–H and O–H groups in total.